The van der Waals surface area contributed by atoms with Crippen molar-refractivity contribution in [1.82, 2.24) is 0 Å². The van der Waals surface area contributed by atoms with Crippen LogP contribution in [0.4, 0.5) is 5.69 Å². The zero-order valence-corrected chi connectivity index (χ0v) is 10.7. The molecule has 2 atom stereocenters. The van der Waals surface area contributed by atoms with Crippen molar-refractivity contribution in [2.45, 2.75) is 32.2 Å². The lowest BCUT2D eigenvalue weighted by Gasteiger charge is -2.30. The topological polar surface area (TPSA) is 40.5 Å². The van der Waals surface area contributed by atoms with Crippen molar-refractivity contribution in [3.63, 3.8) is 0 Å². The molecule has 2 unspecified atom stereocenters. The summed E-state index contributed by atoms with van der Waals surface area (Å²) in [5, 5.41) is 9.26. The first-order valence-electron chi connectivity index (χ1n) is 6.74. The van der Waals surface area contributed by atoms with Crippen molar-refractivity contribution in [2.24, 2.45) is 11.8 Å². The Morgan fingerprint density at radius 3 is 2.83 bits per heavy atom. The molecule has 18 heavy (non-hydrogen) atoms. The van der Waals surface area contributed by atoms with Crippen LogP contribution in [0.3, 0.4) is 0 Å². The van der Waals surface area contributed by atoms with Crippen LogP contribution < -0.4 is 4.90 Å². The SMILES string of the molecule is CC(C(=O)O)C1Cc2ccccc2N1CC1CC1. The summed E-state index contributed by atoms with van der Waals surface area (Å²) >= 11 is 0. The van der Waals surface area contributed by atoms with E-state index in [9.17, 15) is 9.90 Å². The average molecular weight is 245 g/mol. The lowest BCUT2D eigenvalue weighted by Crippen LogP contribution is -2.41. The zero-order valence-electron chi connectivity index (χ0n) is 10.7. The first-order valence-corrected chi connectivity index (χ1v) is 6.74. The van der Waals surface area contributed by atoms with E-state index in [2.05, 4.69) is 17.0 Å². The molecule has 0 radical (unpaired) electrons. The highest BCUT2D eigenvalue weighted by Gasteiger charge is 2.38. The van der Waals surface area contributed by atoms with Gasteiger partial charge in [-0.25, -0.2) is 0 Å². The lowest BCUT2D eigenvalue weighted by molar-refractivity contribution is -0.141. The van der Waals surface area contributed by atoms with Crippen LogP contribution in [0.15, 0.2) is 24.3 Å². The van der Waals surface area contributed by atoms with Crippen LogP contribution in [0, 0.1) is 11.8 Å². The molecule has 3 rings (SSSR count). The van der Waals surface area contributed by atoms with Crippen molar-refractivity contribution in [2.75, 3.05) is 11.4 Å². The van der Waals surface area contributed by atoms with E-state index in [1.54, 1.807) is 0 Å². The largest absolute Gasteiger partial charge is 0.481 e. The molecule has 0 spiro atoms. The molecule has 1 fully saturated rings. The first-order chi connectivity index (χ1) is 8.66. The fraction of sp³-hybridized carbons (Fsp3) is 0.533. The maximum absolute atomic E-state index is 11.3. The van der Waals surface area contributed by atoms with Crippen LogP contribution in [-0.2, 0) is 11.2 Å². The third kappa shape index (κ3) is 1.98. The maximum atomic E-state index is 11.3. The monoisotopic (exact) mass is 245 g/mol. The summed E-state index contributed by atoms with van der Waals surface area (Å²) in [7, 11) is 0. The molecule has 2 aliphatic rings. The Kier molecular flexibility index (Phi) is 2.77. The summed E-state index contributed by atoms with van der Waals surface area (Å²) in [6.45, 7) is 2.86. The highest BCUT2D eigenvalue weighted by molar-refractivity contribution is 5.73. The second kappa shape index (κ2) is 4.30. The molecule has 1 aliphatic carbocycles. The van der Waals surface area contributed by atoms with E-state index < -0.39 is 5.97 Å². The Hall–Kier alpha value is -1.51. The number of benzene rings is 1. The summed E-state index contributed by atoms with van der Waals surface area (Å²) in [5.41, 5.74) is 2.55. The van der Waals surface area contributed by atoms with Gasteiger partial charge in [0.15, 0.2) is 0 Å². The van der Waals surface area contributed by atoms with Crippen molar-refractivity contribution < 1.29 is 9.90 Å². The highest BCUT2D eigenvalue weighted by Crippen LogP contribution is 2.39. The van der Waals surface area contributed by atoms with E-state index in [0.717, 1.165) is 18.9 Å². The van der Waals surface area contributed by atoms with Gasteiger partial charge in [0.1, 0.15) is 0 Å². The number of carboxylic acid groups (broad SMARTS) is 1. The Morgan fingerprint density at radius 2 is 2.17 bits per heavy atom. The quantitative estimate of drug-likeness (QED) is 0.886. The number of aliphatic carboxylic acids is 1. The minimum atomic E-state index is -0.686. The van der Waals surface area contributed by atoms with Crippen molar-refractivity contribution in [1.29, 1.82) is 0 Å². The molecular weight excluding hydrogens is 226 g/mol. The summed E-state index contributed by atoms with van der Waals surface area (Å²) in [6, 6.07) is 8.48. The number of anilines is 1. The van der Waals surface area contributed by atoms with Gasteiger partial charge < -0.3 is 10.0 Å². The van der Waals surface area contributed by atoms with Gasteiger partial charge in [0.25, 0.3) is 0 Å². The van der Waals surface area contributed by atoms with Crippen LogP contribution in [0.1, 0.15) is 25.3 Å². The predicted octanol–water partition coefficient (Wildman–Crippen LogP) is 2.55. The van der Waals surface area contributed by atoms with E-state index in [1.807, 2.05) is 19.1 Å². The molecule has 96 valence electrons. The highest BCUT2D eigenvalue weighted by atomic mass is 16.4. The number of hydrogen-bond donors (Lipinski definition) is 1. The van der Waals surface area contributed by atoms with Gasteiger partial charge in [-0.2, -0.15) is 0 Å². The molecule has 1 aliphatic heterocycles. The Morgan fingerprint density at radius 1 is 1.44 bits per heavy atom. The summed E-state index contributed by atoms with van der Waals surface area (Å²) in [5.74, 6) is -0.218. The molecular formula is C15H19NO2. The summed E-state index contributed by atoms with van der Waals surface area (Å²) in [4.78, 5) is 13.6. The van der Waals surface area contributed by atoms with E-state index >= 15 is 0 Å². The fourth-order valence-corrected chi connectivity index (χ4v) is 2.90. The summed E-state index contributed by atoms with van der Waals surface area (Å²) < 4.78 is 0. The number of carboxylic acids is 1. The second-order valence-corrected chi connectivity index (χ2v) is 5.62. The zero-order chi connectivity index (χ0) is 12.7. The number of fused-ring (bicyclic) bond motifs is 1. The molecule has 0 aromatic heterocycles. The summed E-state index contributed by atoms with van der Waals surface area (Å²) in [6.07, 6.45) is 3.47. The standard InChI is InChI=1S/C15H19NO2/c1-10(15(17)18)14-8-12-4-2-3-5-13(12)16(14)9-11-6-7-11/h2-5,10-11,14H,6-9H2,1H3,(H,17,18). The molecule has 0 amide bonds. The van der Waals surface area contributed by atoms with Gasteiger partial charge in [0, 0.05) is 18.3 Å². The Bertz CT molecular complexity index is 467. The lowest BCUT2D eigenvalue weighted by atomic mass is 9.98. The molecule has 1 heterocycles. The molecule has 1 N–H and O–H groups in total. The van der Waals surface area contributed by atoms with Gasteiger partial charge in [-0.05, 0) is 43.7 Å². The van der Waals surface area contributed by atoms with Crippen LogP contribution >= 0.6 is 0 Å². The van der Waals surface area contributed by atoms with Crippen LogP contribution in [0.2, 0.25) is 0 Å². The van der Waals surface area contributed by atoms with Crippen LogP contribution in [0.25, 0.3) is 0 Å². The Balaban J connectivity index is 1.88. The molecule has 3 heteroatoms. The van der Waals surface area contributed by atoms with E-state index in [0.29, 0.717) is 0 Å². The maximum Gasteiger partial charge on any atom is 0.308 e. The van der Waals surface area contributed by atoms with Gasteiger partial charge in [-0.3, -0.25) is 4.79 Å². The van der Waals surface area contributed by atoms with Crippen LogP contribution in [0.5, 0.6) is 0 Å². The predicted molar refractivity (Wildman–Crippen MR) is 70.8 cm³/mol. The number of rotatable bonds is 4. The molecule has 1 saturated carbocycles. The number of carbonyl (C=O) groups is 1. The minimum absolute atomic E-state index is 0.125. The number of hydrogen-bond acceptors (Lipinski definition) is 2. The molecule has 0 saturated heterocycles. The fourth-order valence-electron chi connectivity index (χ4n) is 2.90. The molecule has 0 bridgehead atoms. The van der Waals surface area contributed by atoms with E-state index in [-0.39, 0.29) is 12.0 Å². The molecule has 1 aromatic carbocycles. The van der Waals surface area contributed by atoms with Gasteiger partial charge in [-0.15, -0.1) is 0 Å². The van der Waals surface area contributed by atoms with Crippen molar-refractivity contribution >= 4 is 11.7 Å². The first kappa shape index (κ1) is 11.6. The van der Waals surface area contributed by atoms with Gasteiger partial charge in [0.2, 0.25) is 0 Å². The molecule has 1 aromatic rings. The van der Waals surface area contributed by atoms with E-state index in [4.69, 9.17) is 0 Å². The third-order valence-electron chi connectivity index (χ3n) is 4.25. The van der Waals surface area contributed by atoms with Gasteiger partial charge in [0.05, 0.1) is 5.92 Å². The van der Waals surface area contributed by atoms with Gasteiger partial charge in [-0.1, -0.05) is 18.2 Å². The average Bonchev–Trinajstić information content (AvgIpc) is 3.10. The second-order valence-electron chi connectivity index (χ2n) is 5.62. The third-order valence-corrected chi connectivity index (χ3v) is 4.25. The Labute approximate surface area is 107 Å². The number of nitrogens with zero attached hydrogens (tertiary/aromatic N) is 1. The van der Waals surface area contributed by atoms with Crippen LogP contribution in [-0.4, -0.2) is 23.7 Å². The van der Waals surface area contributed by atoms with Crippen molar-refractivity contribution in [3.8, 4) is 0 Å². The molecule has 3 nitrogen and oxygen atoms in total. The van der Waals surface area contributed by atoms with Gasteiger partial charge >= 0.3 is 5.97 Å². The minimum Gasteiger partial charge on any atom is -0.481 e. The van der Waals surface area contributed by atoms with Crippen molar-refractivity contribution in [3.05, 3.63) is 29.8 Å². The van der Waals surface area contributed by atoms with E-state index in [1.165, 1.54) is 24.1 Å². The number of para-hydroxylation sites is 1. The normalized spacial score (nSPS) is 23.8. The smallest absolute Gasteiger partial charge is 0.308 e.